The highest BCUT2D eigenvalue weighted by Crippen LogP contribution is 2.10. The van der Waals surface area contributed by atoms with E-state index in [4.69, 9.17) is 17.7 Å². The van der Waals surface area contributed by atoms with Crippen molar-refractivity contribution in [2.75, 3.05) is 13.2 Å². The zero-order valence-electron chi connectivity index (χ0n) is 7.63. The molecule has 3 heteroatoms. The summed E-state index contributed by atoms with van der Waals surface area (Å²) >= 11 is 0. The minimum Gasteiger partial charge on any atom is -0.396 e. The lowest BCUT2D eigenvalue weighted by Crippen LogP contribution is -2.24. The summed E-state index contributed by atoms with van der Waals surface area (Å²) in [4.78, 5) is 0. The molecule has 0 aliphatic heterocycles. The molecule has 0 amide bonds. The van der Waals surface area contributed by atoms with Crippen LogP contribution in [0.2, 0.25) is 6.32 Å². The van der Waals surface area contributed by atoms with E-state index in [1.54, 1.807) is 0 Å². The molecule has 64 valence electrons. The van der Waals surface area contributed by atoms with E-state index in [-0.39, 0.29) is 18.1 Å². The smallest absolute Gasteiger partial charge is 0.0659 e. The third kappa shape index (κ3) is 6.39. The predicted molar refractivity (Wildman–Crippen MR) is 46.8 cm³/mol. The van der Waals surface area contributed by atoms with Crippen molar-refractivity contribution < 1.29 is 9.84 Å². The van der Waals surface area contributed by atoms with Gasteiger partial charge in [0.15, 0.2) is 0 Å². The van der Waals surface area contributed by atoms with Gasteiger partial charge in [0.25, 0.3) is 0 Å². The van der Waals surface area contributed by atoms with Crippen molar-refractivity contribution in [2.45, 2.75) is 32.7 Å². The van der Waals surface area contributed by atoms with Crippen molar-refractivity contribution in [1.29, 1.82) is 0 Å². The lowest BCUT2D eigenvalue weighted by Gasteiger charge is -2.22. The summed E-state index contributed by atoms with van der Waals surface area (Å²) in [5, 5.41) is 8.76. The molecule has 2 nitrogen and oxygen atoms in total. The summed E-state index contributed by atoms with van der Waals surface area (Å²) in [7, 11) is 5.37. The van der Waals surface area contributed by atoms with Crippen molar-refractivity contribution in [3.63, 3.8) is 0 Å². The molecule has 0 aliphatic rings. The Labute approximate surface area is 70.4 Å². The monoisotopic (exact) mass is 156 g/mol. The van der Waals surface area contributed by atoms with E-state index in [9.17, 15) is 0 Å². The summed E-state index contributed by atoms with van der Waals surface area (Å²) in [6.45, 7) is 6.59. The summed E-state index contributed by atoms with van der Waals surface area (Å²) in [5.74, 6) is 0.0780. The van der Waals surface area contributed by atoms with Crippen molar-refractivity contribution in [1.82, 2.24) is 0 Å². The maximum Gasteiger partial charge on any atom is 0.0659 e. The highest BCUT2D eigenvalue weighted by atomic mass is 16.5. The van der Waals surface area contributed by atoms with Gasteiger partial charge in [-0.15, -0.1) is 0 Å². The molecule has 1 N–H and O–H groups in total. The van der Waals surface area contributed by atoms with Crippen LogP contribution >= 0.6 is 0 Å². The van der Waals surface area contributed by atoms with Crippen molar-refractivity contribution >= 4 is 7.85 Å². The van der Waals surface area contributed by atoms with Gasteiger partial charge in [-0.1, -0.05) is 6.32 Å². The van der Waals surface area contributed by atoms with E-state index in [2.05, 4.69) is 0 Å². The number of rotatable bonds is 4. The van der Waals surface area contributed by atoms with Gasteiger partial charge in [-0.2, -0.15) is 0 Å². The van der Waals surface area contributed by atoms with Gasteiger partial charge in [0, 0.05) is 6.61 Å². The van der Waals surface area contributed by atoms with Gasteiger partial charge in [0.1, 0.15) is 0 Å². The third-order valence-electron chi connectivity index (χ3n) is 1.34. The molecule has 0 fully saturated rings. The fourth-order valence-corrected chi connectivity index (χ4v) is 0.563. The Morgan fingerprint density at radius 2 is 2.00 bits per heavy atom. The first-order valence-corrected chi connectivity index (χ1v) is 3.94. The van der Waals surface area contributed by atoms with Crippen LogP contribution < -0.4 is 0 Å². The van der Waals surface area contributed by atoms with Crippen LogP contribution in [0, 0.1) is 5.92 Å². The largest absolute Gasteiger partial charge is 0.396 e. The first kappa shape index (κ1) is 11.0. The number of hydrogen-bond donors (Lipinski definition) is 1. The number of ether oxygens (including phenoxy) is 1. The molecule has 0 aromatic rings. The van der Waals surface area contributed by atoms with Crippen LogP contribution in [0.25, 0.3) is 0 Å². The molecule has 0 bridgehead atoms. The molecule has 11 heavy (non-hydrogen) atoms. The fraction of sp³-hybridized carbons (Fsp3) is 1.00. The van der Waals surface area contributed by atoms with Crippen LogP contribution in [0.1, 0.15) is 20.8 Å². The minimum atomic E-state index is -0.136. The van der Waals surface area contributed by atoms with Crippen LogP contribution in [0.15, 0.2) is 0 Å². The maximum atomic E-state index is 8.76. The molecule has 0 aromatic carbocycles. The second kappa shape index (κ2) is 4.78. The molecule has 0 aliphatic carbocycles. The molecule has 2 radical (unpaired) electrons. The van der Waals surface area contributed by atoms with Gasteiger partial charge < -0.3 is 9.84 Å². The normalized spacial score (nSPS) is 14.9. The van der Waals surface area contributed by atoms with Crippen LogP contribution in [-0.4, -0.2) is 31.8 Å². The Kier molecular flexibility index (Phi) is 4.77. The quantitative estimate of drug-likeness (QED) is 0.615. The van der Waals surface area contributed by atoms with Gasteiger partial charge in [0.2, 0.25) is 0 Å². The molecule has 0 rings (SSSR count). The van der Waals surface area contributed by atoms with E-state index in [0.29, 0.717) is 12.9 Å². The van der Waals surface area contributed by atoms with Crippen molar-refractivity contribution in [3.05, 3.63) is 0 Å². The van der Waals surface area contributed by atoms with Crippen LogP contribution in [0.3, 0.4) is 0 Å². The van der Waals surface area contributed by atoms with Gasteiger partial charge >= 0.3 is 0 Å². The average molecular weight is 156 g/mol. The molecule has 1 atom stereocenters. The molecule has 0 aromatic heterocycles. The van der Waals surface area contributed by atoms with E-state index in [0.717, 1.165) is 0 Å². The molecule has 1 unspecified atom stereocenters. The zero-order valence-corrected chi connectivity index (χ0v) is 7.63. The zero-order chi connectivity index (χ0) is 8.91. The highest BCUT2D eigenvalue weighted by Gasteiger charge is 2.13. The third-order valence-corrected chi connectivity index (χ3v) is 1.34. The van der Waals surface area contributed by atoms with E-state index >= 15 is 0 Å². The van der Waals surface area contributed by atoms with Crippen LogP contribution in [-0.2, 0) is 4.74 Å². The topological polar surface area (TPSA) is 29.5 Å². The van der Waals surface area contributed by atoms with Gasteiger partial charge in [0.05, 0.1) is 20.1 Å². The first-order chi connectivity index (χ1) is 4.99. The van der Waals surface area contributed by atoms with Crippen molar-refractivity contribution in [2.24, 2.45) is 5.92 Å². The average Bonchev–Trinajstić information content (AvgIpc) is 1.88. The Morgan fingerprint density at radius 1 is 1.45 bits per heavy atom. The number of hydrogen-bond acceptors (Lipinski definition) is 2. The Hall–Kier alpha value is -0.0151. The molecular formula is C8H17BO2. The Bertz CT molecular complexity index is 94.8. The summed E-state index contributed by atoms with van der Waals surface area (Å²) in [5.41, 5.74) is -0.136. The molecule has 0 saturated heterocycles. The first-order valence-electron chi connectivity index (χ1n) is 3.94. The molecule has 0 spiro atoms. The standard InChI is InChI=1S/C8H17BO2/c1-8(2,3)11-6-7(4-9)5-10/h7,10H,4-6H2,1-3H3. The number of aliphatic hydroxyl groups is 1. The van der Waals surface area contributed by atoms with Crippen molar-refractivity contribution in [3.8, 4) is 0 Å². The van der Waals surface area contributed by atoms with Gasteiger partial charge in [-0.05, 0) is 26.7 Å². The summed E-state index contributed by atoms with van der Waals surface area (Å²) in [6.07, 6.45) is 0.479. The SMILES string of the molecule is [B]CC(CO)COC(C)(C)C. The highest BCUT2D eigenvalue weighted by molar-refractivity contribution is 6.08. The molecule has 0 heterocycles. The van der Waals surface area contributed by atoms with E-state index in [1.165, 1.54) is 0 Å². The number of aliphatic hydroxyl groups excluding tert-OH is 1. The second-order valence-electron chi connectivity index (χ2n) is 3.71. The van der Waals surface area contributed by atoms with Crippen LogP contribution in [0.5, 0.6) is 0 Å². The van der Waals surface area contributed by atoms with Gasteiger partial charge in [-0.3, -0.25) is 0 Å². The second-order valence-corrected chi connectivity index (χ2v) is 3.71. The fourth-order valence-electron chi connectivity index (χ4n) is 0.563. The van der Waals surface area contributed by atoms with E-state index in [1.807, 2.05) is 20.8 Å². The van der Waals surface area contributed by atoms with Gasteiger partial charge in [-0.25, -0.2) is 0 Å². The van der Waals surface area contributed by atoms with Crippen LogP contribution in [0.4, 0.5) is 0 Å². The summed E-state index contributed by atoms with van der Waals surface area (Å²) < 4.78 is 5.43. The lowest BCUT2D eigenvalue weighted by atomic mass is 9.92. The Balaban J connectivity index is 3.51. The van der Waals surface area contributed by atoms with E-state index < -0.39 is 0 Å². The molecule has 0 saturated carbocycles. The lowest BCUT2D eigenvalue weighted by molar-refractivity contribution is -0.0272. The maximum absolute atomic E-state index is 8.76. The summed E-state index contributed by atoms with van der Waals surface area (Å²) in [6, 6.07) is 0. The molecular weight excluding hydrogens is 139 g/mol. The Morgan fingerprint density at radius 3 is 2.27 bits per heavy atom. The predicted octanol–water partition coefficient (Wildman–Crippen LogP) is 0.997. The minimum absolute atomic E-state index is 0.0780.